The number of nitrogens with zero attached hydrogens (tertiary/aromatic N) is 1. The minimum atomic E-state index is -0.213. The van der Waals surface area contributed by atoms with Gasteiger partial charge in [-0.25, -0.2) is 0 Å². The Bertz CT molecular complexity index is 864. The van der Waals surface area contributed by atoms with Gasteiger partial charge in [-0.05, 0) is 44.7 Å². The standard InChI is InChI=1S/C21H24N2O5/c1-4-26-16-7-5-15(6-8-16)11-23(3)12-21(25)22-18-10-20-19(27-13-28-20)9-17(18)14(2)24/h5-10H,4,11-13H2,1-3H3,(H,22,25). The first-order valence-corrected chi connectivity index (χ1v) is 9.11. The summed E-state index contributed by atoms with van der Waals surface area (Å²) in [5, 5.41) is 2.81. The Morgan fingerprint density at radius 3 is 2.46 bits per heavy atom. The highest BCUT2D eigenvalue weighted by Crippen LogP contribution is 2.37. The largest absolute Gasteiger partial charge is 0.494 e. The predicted octanol–water partition coefficient (Wildman–Crippen LogP) is 3.09. The molecule has 0 aliphatic carbocycles. The Hall–Kier alpha value is -3.06. The summed E-state index contributed by atoms with van der Waals surface area (Å²) in [4.78, 5) is 26.3. The Labute approximate surface area is 164 Å². The van der Waals surface area contributed by atoms with E-state index in [9.17, 15) is 9.59 Å². The van der Waals surface area contributed by atoms with Crippen molar-refractivity contribution in [1.29, 1.82) is 0 Å². The lowest BCUT2D eigenvalue weighted by Gasteiger charge is -2.17. The van der Waals surface area contributed by atoms with Crippen molar-refractivity contribution >= 4 is 17.4 Å². The molecule has 148 valence electrons. The van der Waals surface area contributed by atoms with E-state index >= 15 is 0 Å². The number of anilines is 1. The molecule has 1 aliphatic heterocycles. The third-order valence-electron chi connectivity index (χ3n) is 4.27. The van der Waals surface area contributed by atoms with E-state index in [1.165, 1.54) is 6.92 Å². The highest BCUT2D eigenvalue weighted by Gasteiger charge is 2.20. The van der Waals surface area contributed by atoms with E-state index < -0.39 is 0 Å². The van der Waals surface area contributed by atoms with Gasteiger partial charge in [-0.2, -0.15) is 0 Å². The number of ketones is 1. The molecule has 3 rings (SSSR count). The zero-order chi connectivity index (χ0) is 20.1. The van der Waals surface area contributed by atoms with Gasteiger partial charge in [0.25, 0.3) is 0 Å². The van der Waals surface area contributed by atoms with Gasteiger partial charge < -0.3 is 19.5 Å². The summed E-state index contributed by atoms with van der Waals surface area (Å²) in [6.45, 7) is 4.92. The Kier molecular flexibility index (Phi) is 6.16. The highest BCUT2D eigenvalue weighted by atomic mass is 16.7. The second-order valence-electron chi connectivity index (χ2n) is 6.60. The summed E-state index contributed by atoms with van der Waals surface area (Å²) in [6, 6.07) is 11.0. The van der Waals surface area contributed by atoms with Crippen molar-refractivity contribution in [2.24, 2.45) is 0 Å². The van der Waals surface area contributed by atoms with Crippen molar-refractivity contribution in [1.82, 2.24) is 4.90 Å². The fourth-order valence-corrected chi connectivity index (χ4v) is 3.00. The molecule has 2 aromatic rings. The van der Waals surface area contributed by atoms with Crippen molar-refractivity contribution < 1.29 is 23.8 Å². The molecular formula is C21H24N2O5. The summed E-state index contributed by atoms with van der Waals surface area (Å²) in [5.74, 6) is 1.48. The third-order valence-corrected chi connectivity index (χ3v) is 4.27. The molecule has 0 aromatic heterocycles. The second-order valence-corrected chi connectivity index (χ2v) is 6.60. The van der Waals surface area contributed by atoms with Gasteiger partial charge in [0.15, 0.2) is 17.3 Å². The number of likely N-dealkylation sites (N-methyl/N-ethyl adjacent to an activating group) is 1. The van der Waals surface area contributed by atoms with Crippen LogP contribution in [-0.4, -0.2) is 43.6 Å². The number of hydrogen-bond donors (Lipinski definition) is 1. The lowest BCUT2D eigenvalue weighted by atomic mass is 10.1. The van der Waals surface area contributed by atoms with E-state index in [1.807, 2.05) is 43.1 Å². The van der Waals surface area contributed by atoms with Crippen molar-refractivity contribution in [3.63, 3.8) is 0 Å². The molecule has 0 bridgehead atoms. The number of ether oxygens (including phenoxy) is 3. The van der Waals surface area contributed by atoms with Gasteiger partial charge in [-0.3, -0.25) is 14.5 Å². The maximum Gasteiger partial charge on any atom is 0.238 e. The van der Waals surface area contributed by atoms with Crippen LogP contribution in [0.5, 0.6) is 17.2 Å². The van der Waals surface area contributed by atoms with Crippen LogP contribution < -0.4 is 19.5 Å². The van der Waals surface area contributed by atoms with Crippen molar-refractivity contribution in [2.45, 2.75) is 20.4 Å². The lowest BCUT2D eigenvalue weighted by Crippen LogP contribution is -2.30. The van der Waals surface area contributed by atoms with Crippen LogP contribution in [0.2, 0.25) is 0 Å². The van der Waals surface area contributed by atoms with E-state index in [0.29, 0.717) is 35.9 Å². The number of fused-ring (bicyclic) bond motifs is 1. The number of Topliss-reactive ketones (excluding diaryl/α,β-unsaturated/α-hetero) is 1. The number of carbonyl (C=O) groups is 2. The average molecular weight is 384 g/mol. The van der Waals surface area contributed by atoms with E-state index in [4.69, 9.17) is 14.2 Å². The quantitative estimate of drug-likeness (QED) is 0.705. The lowest BCUT2D eigenvalue weighted by molar-refractivity contribution is -0.117. The number of hydrogen-bond acceptors (Lipinski definition) is 6. The van der Waals surface area contributed by atoms with Crippen LogP contribution in [0.1, 0.15) is 29.8 Å². The molecule has 1 heterocycles. The molecule has 0 radical (unpaired) electrons. The number of amides is 1. The monoisotopic (exact) mass is 384 g/mol. The molecule has 1 amide bonds. The second kappa shape index (κ2) is 8.75. The van der Waals surface area contributed by atoms with Crippen LogP contribution in [-0.2, 0) is 11.3 Å². The first kappa shape index (κ1) is 19.7. The molecule has 1 aliphatic rings. The number of nitrogens with one attached hydrogen (secondary N) is 1. The van der Waals surface area contributed by atoms with E-state index in [1.54, 1.807) is 12.1 Å². The van der Waals surface area contributed by atoms with Crippen LogP contribution in [0.25, 0.3) is 0 Å². The maximum atomic E-state index is 12.5. The van der Waals surface area contributed by atoms with Crippen LogP contribution in [0.3, 0.4) is 0 Å². The van der Waals surface area contributed by atoms with Gasteiger partial charge in [-0.1, -0.05) is 12.1 Å². The van der Waals surface area contributed by atoms with Crippen LogP contribution in [0.15, 0.2) is 36.4 Å². The Morgan fingerprint density at radius 1 is 1.14 bits per heavy atom. The molecule has 0 atom stereocenters. The SMILES string of the molecule is CCOc1ccc(CN(C)CC(=O)Nc2cc3c(cc2C(C)=O)OCO3)cc1. The number of carbonyl (C=O) groups excluding carboxylic acids is 2. The van der Waals surface area contributed by atoms with Gasteiger partial charge in [0.2, 0.25) is 12.7 Å². The summed E-state index contributed by atoms with van der Waals surface area (Å²) in [6.07, 6.45) is 0. The van der Waals surface area contributed by atoms with Gasteiger partial charge in [-0.15, -0.1) is 0 Å². The molecule has 0 unspecified atom stereocenters. The first-order valence-electron chi connectivity index (χ1n) is 9.11. The van der Waals surface area contributed by atoms with E-state index in [2.05, 4.69) is 5.32 Å². The van der Waals surface area contributed by atoms with Crippen LogP contribution in [0, 0.1) is 0 Å². The Morgan fingerprint density at radius 2 is 1.82 bits per heavy atom. The molecule has 2 aromatic carbocycles. The van der Waals surface area contributed by atoms with Gasteiger partial charge >= 0.3 is 0 Å². The number of rotatable bonds is 8. The topological polar surface area (TPSA) is 77.1 Å². The fourth-order valence-electron chi connectivity index (χ4n) is 3.00. The van der Waals surface area contributed by atoms with Gasteiger partial charge in [0.05, 0.1) is 18.8 Å². The van der Waals surface area contributed by atoms with E-state index in [-0.39, 0.29) is 25.0 Å². The van der Waals surface area contributed by atoms with Gasteiger partial charge in [0, 0.05) is 18.2 Å². The molecule has 0 spiro atoms. The molecule has 0 saturated carbocycles. The minimum absolute atomic E-state index is 0.106. The molecule has 28 heavy (non-hydrogen) atoms. The summed E-state index contributed by atoms with van der Waals surface area (Å²) < 4.78 is 16.1. The fraction of sp³-hybridized carbons (Fsp3) is 0.333. The first-order chi connectivity index (χ1) is 13.5. The zero-order valence-corrected chi connectivity index (χ0v) is 16.3. The summed E-state index contributed by atoms with van der Waals surface area (Å²) in [7, 11) is 1.86. The molecule has 7 heteroatoms. The molecule has 0 saturated heterocycles. The average Bonchev–Trinajstić information content (AvgIpc) is 3.10. The number of benzene rings is 2. The third kappa shape index (κ3) is 4.80. The summed E-state index contributed by atoms with van der Waals surface area (Å²) >= 11 is 0. The normalized spacial score (nSPS) is 12.1. The predicted molar refractivity (Wildman–Crippen MR) is 105 cm³/mol. The maximum absolute atomic E-state index is 12.5. The minimum Gasteiger partial charge on any atom is -0.494 e. The van der Waals surface area contributed by atoms with Crippen LogP contribution in [0.4, 0.5) is 5.69 Å². The molecule has 1 N–H and O–H groups in total. The van der Waals surface area contributed by atoms with E-state index in [0.717, 1.165) is 11.3 Å². The van der Waals surface area contributed by atoms with Crippen LogP contribution >= 0.6 is 0 Å². The molecular weight excluding hydrogens is 360 g/mol. The van der Waals surface area contributed by atoms with Crippen molar-refractivity contribution in [3.8, 4) is 17.2 Å². The molecule has 0 fully saturated rings. The zero-order valence-electron chi connectivity index (χ0n) is 16.3. The molecule has 7 nitrogen and oxygen atoms in total. The van der Waals surface area contributed by atoms with Crippen molar-refractivity contribution in [2.75, 3.05) is 32.3 Å². The van der Waals surface area contributed by atoms with Gasteiger partial charge in [0.1, 0.15) is 5.75 Å². The van der Waals surface area contributed by atoms with Crippen molar-refractivity contribution in [3.05, 3.63) is 47.5 Å². The Balaban J connectivity index is 1.61. The highest BCUT2D eigenvalue weighted by molar-refractivity contribution is 6.05. The smallest absolute Gasteiger partial charge is 0.238 e. The summed E-state index contributed by atoms with van der Waals surface area (Å²) in [5.41, 5.74) is 1.90.